The van der Waals surface area contributed by atoms with E-state index < -0.39 is 36.9 Å². The van der Waals surface area contributed by atoms with Gasteiger partial charge in [-0.2, -0.15) is 0 Å². The number of halogens is 2. The minimum atomic E-state index is -0.909. The van der Waals surface area contributed by atoms with Crippen LogP contribution in [0.4, 0.5) is 20.2 Å². The zero-order valence-corrected chi connectivity index (χ0v) is 17.3. The van der Waals surface area contributed by atoms with Crippen molar-refractivity contribution in [2.45, 2.75) is 38.9 Å². The van der Waals surface area contributed by atoms with Gasteiger partial charge in [0.1, 0.15) is 11.6 Å². The maximum absolute atomic E-state index is 15.7. The number of nitrogens with one attached hydrogen (secondary N) is 2. The molecule has 0 atom stereocenters. The Hall–Kier alpha value is -2.57. The second-order valence-corrected chi connectivity index (χ2v) is 8.88. The van der Waals surface area contributed by atoms with Gasteiger partial charge >= 0.3 is 14.1 Å². The first kappa shape index (κ1) is 19.4. The van der Waals surface area contributed by atoms with Gasteiger partial charge < -0.3 is 19.8 Å². The first-order valence-electron chi connectivity index (χ1n) is 10.1. The van der Waals surface area contributed by atoms with Gasteiger partial charge in [-0.1, -0.05) is 30.3 Å². The number of hydrogen-bond donors (Lipinski definition) is 2. The lowest BCUT2D eigenvalue weighted by Gasteiger charge is -2.32. The lowest BCUT2D eigenvalue weighted by Crippen LogP contribution is -2.54. The minimum Gasteiger partial charge on any atom is -0.405 e. The van der Waals surface area contributed by atoms with Crippen LogP contribution in [0.1, 0.15) is 27.7 Å². The predicted molar refractivity (Wildman–Crippen MR) is 119 cm³/mol. The van der Waals surface area contributed by atoms with Gasteiger partial charge in [0.25, 0.3) is 0 Å². The number of rotatable bonds is 2. The third-order valence-corrected chi connectivity index (χ3v) is 6.46. The highest BCUT2D eigenvalue weighted by Crippen LogP contribution is 2.37. The molecule has 2 N–H and O–H groups in total. The Morgan fingerprint density at radius 2 is 1.37 bits per heavy atom. The Morgan fingerprint density at radius 3 is 1.93 bits per heavy atom. The molecule has 0 bridgehead atoms. The van der Waals surface area contributed by atoms with E-state index in [0.717, 1.165) is 22.1 Å². The number of anilines is 2. The molecular formula is C22H22B2F2N2O2. The van der Waals surface area contributed by atoms with Gasteiger partial charge in [-0.15, -0.1) is 0 Å². The van der Waals surface area contributed by atoms with Crippen LogP contribution in [0.25, 0.3) is 10.8 Å². The summed E-state index contributed by atoms with van der Waals surface area (Å²) in [6.45, 7) is 6.83. The van der Waals surface area contributed by atoms with Crippen LogP contribution in [0.5, 0.6) is 0 Å². The van der Waals surface area contributed by atoms with Crippen molar-refractivity contribution in [3.05, 3.63) is 60.2 Å². The Kier molecular flexibility index (Phi) is 4.18. The average molecular weight is 406 g/mol. The van der Waals surface area contributed by atoms with E-state index in [2.05, 4.69) is 10.5 Å². The standard InChI is InChI=1S/C22H22B2F2N2O2/c1-21(2)22(3,4)30-24(29-21)14-11-12-15(25)19(20(14)26)23-27-16-9-5-7-13-8-6-10-17(28-23)18(13)16/h5-12,27-28H,1-4H3. The molecular weight excluding hydrogens is 384 g/mol. The highest BCUT2D eigenvalue weighted by molar-refractivity contribution is 6.81. The topological polar surface area (TPSA) is 42.5 Å². The molecule has 1 fully saturated rings. The van der Waals surface area contributed by atoms with Crippen LogP contribution in [0, 0.1) is 11.6 Å². The van der Waals surface area contributed by atoms with E-state index in [1.165, 1.54) is 12.1 Å². The van der Waals surface area contributed by atoms with Crippen molar-refractivity contribution in [3.63, 3.8) is 0 Å². The molecule has 0 spiro atoms. The van der Waals surface area contributed by atoms with E-state index in [4.69, 9.17) is 9.31 Å². The lowest BCUT2D eigenvalue weighted by atomic mass is 9.63. The first-order chi connectivity index (χ1) is 14.2. The fraction of sp³-hybridized carbons (Fsp3) is 0.273. The SMILES string of the molecule is CC1(C)OB(c2ccc(F)c(B3Nc4cccc5cccc(c45)N3)c2F)OC1(C)C. The summed E-state index contributed by atoms with van der Waals surface area (Å²) in [5, 5.41) is 8.52. The summed E-state index contributed by atoms with van der Waals surface area (Å²) in [5.41, 5.74) is 0.515. The summed E-state index contributed by atoms with van der Waals surface area (Å²) < 4.78 is 42.5. The van der Waals surface area contributed by atoms with E-state index in [-0.39, 0.29) is 10.9 Å². The van der Waals surface area contributed by atoms with Crippen LogP contribution in [-0.4, -0.2) is 25.3 Å². The monoisotopic (exact) mass is 406 g/mol. The molecule has 152 valence electrons. The van der Waals surface area contributed by atoms with Gasteiger partial charge in [-0.3, -0.25) is 0 Å². The summed E-state index contributed by atoms with van der Waals surface area (Å²) in [6.07, 6.45) is 0. The molecule has 30 heavy (non-hydrogen) atoms. The molecule has 0 aromatic heterocycles. The molecule has 5 rings (SSSR count). The summed E-state index contributed by atoms with van der Waals surface area (Å²) >= 11 is 0. The van der Waals surface area contributed by atoms with Gasteiger partial charge in [0.15, 0.2) is 0 Å². The highest BCUT2D eigenvalue weighted by Gasteiger charge is 2.53. The van der Waals surface area contributed by atoms with Gasteiger partial charge in [0.05, 0.1) is 11.2 Å². The Bertz CT molecular complexity index is 1110. The predicted octanol–water partition coefficient (Wildman–Crippen LogP) is 3.65. The van der Waals surface area contributed by atoms with Crippen LogP contribution in [0.2, 0.25) is 0 Å². The van der Waals surface area contributed by atoms with E-state index >= 15 is 4.39 Å². The molecule has 0 amide bonds. The molecule has 2 heterocycles. The maximum atomic E-state index is 15.7. The highest BCUT2D eigenvalue weighted by atomic mass is 19.1. The number of hydrogen-bond acceptors (Lipinski definition) is 4. The van der Waals surface area contributed by atoms with E-state index in [9.17, 15) is 4.39 Å². The third kappa shape index (κ3) is 2.81. The van der Waals surface area contributed by atoms with Crippen molar-refractivity contribution < 1.29 is 18.1 Å². The summed E-state index contributed by atoms with van der Waals surface area (Å²) in [5.74, 6) is -1.31. The fourth-order valence-corrected chi connectivity index (χ4v) is 4.08. The van der Waals surface area contributed by atoms with E-state index in [1.54, 1.807) is 0 Å². The molecule has 4 nitrogen and oxygen atoms in total. The Labute approximate surface area is 175 Å². The molecule has 2 aliphatic rings. The zero-order valence-electron chi connectivity index (χ0n) is 17.3. The zero-order chi connectivity index (χ0) is 21.3. The van der Waals surface area contributed by atoms with Crippen molar-refractivity contribution in [1.82, 2.24) is 0 Å². The Morgan fingerprint density at radius 1 is 0.800 bits per heavy atom. The van der Waals surface area contributed by atoms with Gasteiger partial charge in [-0.25, -0.2) is 8.78 Å². The lowest BCUT2D eigenvalue weighted by molar-refractivity contribution is 0.00578. The van der Waals surface area contributed by atoms with Crippen LogP contribution >= 0.6 is 0 Å². The maximum Gasteiger partial charge on any atom is 0.497 e. The normalized spacial score (nSPS) is 19.0. The molecule has 2 aliphatic heterocycles. The van der Waals surface area contributed by atoms with Crippen molar-refractivity contribution in [2.24, 2.45) is 0 Å². The van der Waals surface area contributed by atoms with Crippen LogP contribution in [-0.2, 0) is 9.31 Å². The minimum absolute atomic E-state index is 0.0891. The second kappa shape index (κ2) is 6.46. The second-order valence-electron chi connectivity index (χ2n) is 8.88. The summed E-state index contributed by atoms with van der Waals surface area (Å²) in [4.78, 5) is 0. The van der Waals surface area contributed by atoms with Gasteiger partial charge in [-0.05, 0) is 51.3 Å². The van der Waals surface area contributed by atoms with Gasteiger partial charge in [0.2, 0.25) is 0 Å². The van der Waals surface area contributed by atoms with Crippen molar-refractivity contribution in [3.8, 4) is 0 Å². The molecule has 8 heteroatoms. The summed E-state index contributed by atoms with van der Waals surface area (Å²) in [6, 6.07) is 14.3. The quantitative estimate of drug-likeness (QED) is 0.638. The van der Waals surface area contributed by atoms with Crippen LogP contribution < -0.4 is 21.4 Å². The largest absolute Gasteiger partial charge is 0.497 e. The summed E-state index contributed by atoms with van der Waals surface area (Å²) in [7, 11) is -0.909. The van der Waals surface area contributed by atoms with Crippen molar-refractivity contribution >= 4 is 47.2 Å². The smallest absolute Gasteiger partial charge is 0.405 e. The molecule has 0 unspecified atom stereocenters. The van der Waals surface area contributed by atoms with E-state index in [1.807, 2.05) is 64.1 Å². The third-order valence-electron chi connectivity index (χ3n) is 6.46. The molecule has 3 aromatic carbocycles. The molecule has 0 saturated carbocycles. The molecule has 0 aliphatic carbocycles. The van der Waals surface area contributed by atoms with Crippen LogP contribution in [0.3, 0.4) is 0 Å². The Balaban J connectivity index is 1.56. The van der Waals surface area contributed by atoms with Crippen LogP contribution in [0.15, 0.2) is 48.5 Å². The van der Waals surface area contributed by atoms with Crippen molar-refractivity contribution in [1.29, 1.82) is 0 Å². The fourth-order valence-electron chi connectivity index (χ4n) is 4.08. The first-order valence-corrected chi connectivity index (χ1v) is 10.1. The van der Waals surface area contributed by atoms with Gasteiger partial charge in [0, 0.05) is 27.7 Å². The number of benzene rings is 3. The molecule has 0 radical (unpaired) electrons. The average Bonchev–Trinajstić information content (AvgIpc) is 2.89. The van der Waals surface area contributed by atoms with Crippen molar-refractivity contribution in [2.75, 3.05) is 10.5 Å². The van der Waals surface area contributed by atoms with E-state index in [0.29, 0.717) is 0 Å². The molecule has 3 aromatic rings. The molecule has 1 saturated heterocycles.